The van der Waals surface area contributed by atoms with Gasteiger partial charge in [0.1, 0.15) is 0 Å². The van der Waals surface area contributed by atoms with E-state index in [9.17, 15) is 0 Å². The molecule has 0 spiro atoms. The molecule has 2 fully saturated rings. The molecule has 2 N–H and O–H groups in total. The van der Waals surface area contributed by atoms with Crippen molar-refractivity contribution in [1.82, 2.24) is 10.6 Å². The highest BCUT2D eigenvalue weighted by Gasteiger charge is 2.34. The molecular formula is C24H33ClN2O2. The van der Waals surface area contributed by atoms with Crippen molar-refractivity contribution in [2.45, 2.75) is 51.1 Å². The van der Waals surface area contributed by atoms with Gasteiger partial charge in [-0.25, -0.2) is 0 Å². The molecule has 29 heavy (non-hydrogen) atoms. The minimum absolute atomic E-state index is 0. The predicted octanol–water partition coefficient (Wildman–Crippen LogP) is 4.07. The molecule has 1 heterocycles. The first-order valence-corrected chi connectivity index (χ1v) is 10.6. The van der Waals surface area contributed by atoms with Crippen LogP contribution in [-0.2, 0) is 29.2 Å². The third kappa shape index (κ3) is 6.53. The van der Waals surface area contributed by atoms with E-state index in [4.69, 9.17) is 9.47 Å². The van der Waals surface area contributed by atoms with E-state index in [0.29, 0.717) is 31.2 Å². The van der Waals surface area contributed by atoms with Crippen LogP contribution in [0.5, 0.6) is 0 Å². The fourth-order valence-electron chi connectivity index (χ4n) is 4.52. The Balaban J connectivity index is 0.00000240. The summed E-state index contributed by atoms with van der Waals surface area (Å²) in [6, 6.07) is 20.2. The van der Waals surface area contributed by atoms with E-state index < -0.39 is 0 Å². The largest absolute Gasteiger partial charge is 0.379 e. The lowest BCUT2D eigenvalue weighted by atomic mass is 9.94. The molecule has 2 aromatic rings. The first kappa shape index (κ1) is 22.3. The van der Waals surface area contributed by atoms with Gasteiger partial charge in [0.2, 0.25) is 0 Å². The molecule has 4 nitrogen and oxygen atoms in total. The molecule has 4 rings (SSSR count). The van der Waals surface area contributed by atoms with Crippen molar-refractivity contribution in [3.8, 4) is 0 Å². The maximum Gasteiger partial charge on any atom is 0.0721 e. The van der Waals surface area contributed by atoms with Gasteiger partial charge < -0.3 is 20.1 Å². The number of hydrogen-bond acceptors (Lipinski definition) is 4. The van der Waals surface area contributed by atoms with Gasteiger partial charge in [-0.3, -0.25) is 0 Å². The van der Waals surface area contributed by atoms with Crippen LogP contribution >= 0.6 is 12.4 Å². The Labute approximate surface area is 180 Å². The van der Waals surface area contributed by atoms with Crippen LogP contribution in [0.2, 0.25) is 0 Å². The molecule has 0 bridgehead atoms. The van der Waals surface area contributed by atoms with Gasteiger partial charge in [-0.2, -0.15) is 0 Å². The Morgan fingerprint density at radius 3 is 2.59 bits per heavy atom. The van der Waals surface area contributed by atoms with Crippen LogP contribution < -0.4 is 10.6 Å². The van der Waals surface area contributed by atoms with E-state index in [-0.39, 0.29) is 12.4 Å². The summed E-state index contributed by atoms with van der Waals surface area (Å²) >= 11 is 0. The van der Waals surface area contributed by atoms with Crippen molar-refractivity contribution in [2.75, 3.05) is 19.8 Å². The number of ether oxygens (including phenoxy) is 2. The highest BCUT2D eigenvalue weighted by molar-refractivity contribution is 5.85. The van der Waals surface area contributed by atoms with E-state index in [2.05, 4.69) is 59.2 Å². The summed E-state index contributed by atoms with van der Waals surface area (Å²) in [5.41, 5.74) is 3.78. The van der Waals surface area contributed by atoms with E-state index in [0.717, 1.165) is 26.3 Å². The summed E-state index contributed by atoms with van der Waals surface area (Å²) < 4.78 is 11.6. The zero-order valence-electron chi connectivity index (χ0n) is 17.0. The maximum atomic E-state index is 5.89. The maximum absolute atomic E-state index is 5.89. The van der Waals surface area contributed by atoms with Gasteiger partial charge in [0, 0.05) is 25.2 Å². The van der Waals surface area contributed by atoms with Gasteiger partial charge in [-0.1, -0.05) is 61.0 Å². The van der Waals surface area contributed by atoms with E-state index in [1.165, 1.54) is 36.0 Å². The first-order valence-electron chi connectivity index (χ1n) is 10.6. The third-order valence-electron chi connectivity index (χ3n) is 5.98. The number of rotatable bonds is 8. The normalized spacial score (nSPS) is 24.2. The molecule has 3 unspecified atom stereocenters. The monoisotopic (exact) mass is 416 g/mol. The molecule has 158 valence electrons. The van der Waals surface area contributed by atoms with Crippen LogP contribution in [0.3, 0.4) is 0 Å². The zero-order valence-corrected chi connectivity index (χ0v) is 17.8. The van der Waals surface area contributed by atoms with E-state index in [1.54, 1.807) is 0 Å². The third-order valence-corrected chi connectivity index (χ3v) is 5.98. The van der Waals surface area contributed by atoms with Gasteiger partial charge in [0.05, 0.1) is 26.4 Å². The van der Waals surface area contributed by atoms with Crippen molar-refractivity contribution >= 4 is 12.4 Å². The Morgan fingerprint density at radius 2 is 1.76 bits per heavy atom. The predicted molar refractivity (Wildman–Crippen MR) is 119 cm³/mol. The number of hydrogen-bond donors (Lipinski definition) is 2. The molecule has 1 saturated heterocycles. The second-order valence-electron chi connectivity index (χ2n) is 8.02. The van der Waals surface area contributed by atoms with Crippen molar-refractivity contribution in [3.05, 3.63) is 71.3 Å². The molecule has 1 saturated carbocycles. The molecule has 0 radical (unpaired) electrons. The minimum atomic E-state index is 0. The summed E-state index contributed by atoms with van der Waals surface area (Å²) in [6.07, 6.45) is 3.88. The summed E-state index contributed by atoms with van der Waals surface area (Å²) in [6.45, 7) is 4.92. The van der Waals surface area contributed by atoms with Crippen LogP contribution in [-0.4, -0.2) is 31.8 Å². The van der Waals surface area contributed by atoms with Crippen molar-refractivity contribution in [2.24, 2.45) is 5.92 Å². The second kappa shape index (κ2) is 11.7. The number of halogens is 1. The first-order chi connectivity index (χ1) is 13.9. The smallest absolute Gasteiger partial charge is 0.0721 e. The van der Waals surface area contributed by atoms with Gasteiger partial charge in [0.15, 0.2) is 0 Å². The second-order valence-corrected chi connectivity index (χ2v) is 8.02. The molecule has 1 aliphatic heterocycles. The summed E-state index contributed by atoms with van der Waals surface area (Å²) in [7, 11) is 0. The van der Waals surface area contributed by atoms with Gasteiger partial charge in [-0.05, 0) is 35.4 Å². The highest BCUT2D eigenvalue weighted by Crippen LogP contribution is 2.29. The fourth-order valence-corrected chi connectivity index (χ4v) is 4.52. The van der Waals surface area contributed by atoms with Crippen LogP contribution in [0.1, 0.15) is 36.0 Å². The summed E-state index contributed by atoms with van der Waals surface area (Å²) in [5.74, 6) is 0.678. The summed E-state index contributed by atoms with van der Waals surface area (Å²) in [5, 5.41) is 7.47. The lowest BCUT2D eigenvalue weighted by Crippen LogP contribution is -2.50. The van der Waals surface area contributed by atoms with Crippen LogP contribution in [0.25, 0.3) is 0 Å². The SMILES string of the molecule is Cl.c1ccc(COCc2cccc(CNC3CCCC3C3COCCN3)c2)cc1. The minimum Gasteiger partial charge on any atom is -0.379 e. The summed E-state index contributed by atoms with van der Waals surface area (Å²) in [4.78, 5) is 0. The zero-order chi connectivity index (χ0) is 19.0. The van der Waals surface area contributed by atoms with E-state index >= 15 is 0 Å². The molecule has 0 aromatic heterocycles. The van der Waals surface area contributed by atoms with Crippen molar-refractivity contribution < 1.29 is 9.47 Å². The van der Waals surface area contributed by atoms with Crippen LogP contribution in [0, 0.1) is 5.92 Å². The topological polar surface area (TPSA) is 42.5 Å². The molecule has 5 heteroatoms. The van der Waals surface area contributed by atoms with Gasteiger partial charge >= 0.3 is 0 Å². The number of nitrogens with one attached hydrogen (secondary N) is 2. The van der Waals surface area contributed by atoms with Crippen LogP contribution in [0.15, 0.2) is 54.6 Å². The molecule has 3 atom stereocenters. The van der Waals surface area contributed by atoms with Crippen molar-refractivity contribution in [1.29, 1.82) is 0 Å². The Kier molecular flexibility index (Phi) is 8.96. The standard InChI is InChI=1S/C24H32N2O2.ClH/c1-2-6-19(7-3-1)16-28-17-21-9-4-8-20(14-21)15-26-23-11-5-10-22(23)24-18-27-13-12-25-24;/h1-4,6-9,14,22-26H,5,10-13,15-18H2;1H. The Morgan fingerprint density at radius 1 is 0.966 bits per heavy atom. The Bertz CT molecular complexity index is 722. The molecule has 2 aromatic carbocycles. The fraction of sp³-hybridized carbons (Fsp3) is 0.500. The molecular weight excluding hydrogens is 384 g/mol. The highest BCUT2D eigenvalue weighted by atomic mass is 35.5. The lowest BCUT2D eigenvalue weighted by molar-refractivity contribution is 0.0524. The average Bonchev–Trinajstić information content (AvgIpc) is 3.23. The number of morpholine rings is 1. The average molecular weight is 417 g/mol. The lowest BCUT2D eigenvalue weighted by Gasteiger charge is -2.33. The van der Waals surface area contributed by atoms with Gasteiger partial charge in [0.25, 0.3) is 0 Å². The quantitative estimate of drug-likeness (QED) is 0.680. The molecule has 1 aliphatic carbocycles. The van der Waals surface area contributed by atoms with E-state index in [1.807, 2.05) is 6.07 Å². The van der Waals surface area contributed by atoms with Crippen LogP contribution in [0.4, 0.5) is 0 Å². The molecule has 2 aliphatic rings. The molecule has 0 amide bonds. The van der Waals surface area contributed by atoms with Gasteiger partial charge in [-0.15, -0.1) is 12.4 Å². The number of benzene rings is 2. The Hall–Kier alpha value is -1.43. The van der Waals surface area contributed by atoms with Crippen molar-refractivity contribution in [3.63, 3.8) is 0 Å².